The molecular weight excluding hydrogens is 236 g/mol. The molecule has 2 fully saturated rings. The third-order valence-electron chi connectivity index (χ3n) is 4.15. The highest BCUT2D eigenvalue weighted by molar-refractivity contribution is 5.48. The SMILES string of the molecule is CNc1cc(NC2CCCCCC2)nc(C2CC2)n1. The van der Waals surface area contributed by atoms with Crippen molar-refractivity contribution in [3.63, 3.8) is 0 Å². The van der Waals surface area contributed by atoms with Crippen molar-refractivity contribution in [2.75, 3.05) is 17.7 Å². The maximum absolute atomic E-state index is 4.71. The number of nitrogens with zero attached hydrogens (tertiary/aromatic N) is 2. The zero-order valence-corrected chi connectivity index (χ0v) is 11.8. The molecule has 0 bridgehead atoms. The summed E-state index contributed by atoms with van der Waals surface area (Å²) in [4.78, 5) is 9.27. The van der Waals surface area contributed by atoms with Crippen LogP contribution in [0.5, 0.6) is 0 Å². The van der Waals surface area contributed by atoms with Crippen molar-refractivity contribution in [2.45, 2.75) is 63.3 Å². The highest BCUT2D eigenvalue weighted by atomic mass is 15.1. The largest absolute Gasteiger partial charge is 0.373 e. The third kappa shape index (κ3) is 3.37. The van der Waals surface area contributed by atoms with Gasteiger partial charge in [0.2, 0.25) is 0 Å². The minimum absolute atomic E-state index is 0.592. The minimum atomic E-state index is 0.592. The molecule has 2 saturated carbocycles. The maximum atomic E-state index is 4.71. The first-order chi connectivity index (χ1) is 9.35. The second-order valence-electron chi connectivity index (χ2n) is 5.85. The minimum Gasteiger partial charge on any atom is -0.373 e. The van der Waals surface area contributed by atoms with Gasteiger partial charge in [-0.1, -0.05) is 25.7 Å². The average Bonchev–Trinajstić information content (AvgIpc) is 3.26. The fourth-order valence-electron chi connectivity index (χ4n) is 2.82. The molecule has 2 aliphatic carbocycles. The molecule has 1 aromatic heterocycles. The number of rotatable bonds is 4. The fourth-order valence-corrected chi connectivity index (χ4v) is 2.82. The van der Waals surface area contributed by atoms with Crippen molar-refractivity contribution in [3.8, 4) is 0 Å². The van der Waals surface area contributed by atoms with Crippen molar-refractivity contribution < 1.29 is 0 Å². The molecule has 104 valence electrons. The van der Waals surface area contributed by atoms with Crippen LogP contribution in [0, 0.1) is 0 Å². The van der Waals surface area contributed by atoms with Gasteiger partial charge in [0.25, 0.3) is 0 Å². The van der Waals surface area contributed by atoms with Gasteiger partial charge in [-0.2, -0.15) is 0 Å². The predicted molar refractivity (Wildman–Crippen MR) is 78.7 cm³/mol. The molecule has 1 aromatic rings. The van der Waals surface area contributed by atoms with E-state index in [1.54, 1.807) is 0 Å². The molecular formula is C15H24N4. The van der Waals surface area contributed by atoms with Crippen LogP contribution in [0.15, 0.2) is 6.07 Å². The topological polar surface area (TPSA) is 49.8 Å². The Morgan fingerprint density at radius 1 is 0.947 bits per heavy atom. The van der Waals surface area contributed by atoms with E-state index in [2.05, 4.69) is 15.6 Å². The molecule has 3 rings (SSSR count). The summed E-state index contributed by atoms with van der Waals surface area (Å²) in [5.41, 5.74) is 0. The highest BCUT2D eigenvalue weighted by Gasteiger charge is 2.27. The summed E-state index contributed by atoms with van der Waals surface area (Å²) in [5, 5.41) is 6.78. The van der Waals surface area contributed by atoms with Crippen LogP contribution in [-0.4, -0.2) is 23.1 Å². The summed E-state index contributed by atoms with van der Waals surface area (Å²) in [6.45, 7) is 0. The Labute approximate surface area is 115 Å². The maximum Gasteiger partial charge on any atom is 0.136 e. The third-order valence-corrected chi connectivity index (χ3v) is 4.15. The Morgan fingerprint density at radius 2 is 1.63 bits per heavy atom. The number of nitrogens with one attached hydrogen (secondary N) is 2. The standard InChI is InChI=1S/C15H24N4/c1-16-13-10-14(19-15(18-13)11-8-9-11)17-12-6-4-2-3-5-7-12/h10-12H,2-9H2,1H3,(H2,16,17,18,19). The first kappa shape index (κ1) is 12.7. The average molecular weight is 260 g/mol. The summed E-state index contributed by atoms with van der Waals surface area (Å²) in [5.74, 6) is 3.56. The first-order valence-corrected chi connectivity index (χ1v) is 7.68. The molecule has 0 atom stereocenters. The fraction of sp³-hybridized carbons (Fsp3) is 0.733. The lowest BCUT2D eigenvalue weighted by atomic mass is 10.1. The quantitative estimate of drug-likeness (QED) is 0.813. The first-order valence-electron chi connectivity index (χ1n) is 7.68. The summed E-state index contributed by atoms with van der Waals surface area (Å²) >= 11 is 0. The van der Waals surface area contributed by atoms with E-state index in [4.69, 9.17) is 4.98 Å². The van der Waals surface area contributed by atoms with E-state index < -0.39 is 0 Å². The van der Waals surface area contributed by atoms with Gasteiger partial charge in [0.05, 0.1) is 0 Å². The van der Waals surface area contributed by atoms with Gasteiger partial charge in [-0.3, -0.25) is 0 Å². The van der Waals surface area contributed by atoms with Crippen LogP contribution in [0.3, 0.4) is 0 Å². The Hall–Kier alpha value is -1.32. The van der Waals surface area contributed by atoms with Crippen LogP contribution < -0.4 is 10.6 Å². The van der Waals surface area contributed by atoms with Gasteiger partial charge in [-0.15, -0.1) is 0 Å². The van der Waals surface area contributed by atoms with Gasteiger partial charge in [0.1, 0.15) is 17.5 Å². The summed E-state index contributed by atoms with van der Waals surface area (Å²) < 4.78 is 0. The van der Waals surface area contributed by atoms with Gasteiger partial charge in [-0.05, 0) is 25.7 Å². The number of anilines is 2. The molecule has 0 spiro atoms. The second kappa shape index (κ2) is 5.76. The van der Waals surface area contributed by atoms with E-state index in [1.165, 1.54) is 51.4 Å². The van der Waals surface area contributed by atoms with Crippen molar-refractivity contribution >= 4 is 11.6 Å². The number of aromatic nitrogens is 2. The van der Waals surface area contributed by atoms with Gasteiger partial charge in [0.15, 0.2) is 0 Å². The lowest BCUT2D eigenvalue weighted by molar-refractivity contribution is 0.617. The number of hydrogen-bond donors (Lipinski definition) is 2. The molecule has 2 aliphatic rings. The Balaban J connectivity index is 1.73. The highest BCUT2D eigenvalue weighted by Crippen LogP contribution is 2.39. The molecule has 0 saturated heterocycles. The van der Waals surface area contributed by atoms with E-state index in [0.29, 0.717) is 12.0 Å². The van der Waals surface area contributed by atoms with Gasteiger partial charge >= 0.3 is 0 Å². The molecule has 4 nitrogen and oxygen atoms in total. The normalized spacial score (nSPS) is 20.9. The molecule has 0 aliphatic heterocycles. The van der Waals surface area contributed by atoms with Crippen LogP contribution in [0.1, 0.15) is 63.1 Å². The van der Waals surface area contributed by atoms with Crippen molar-refractivity contribution in [3.05, 3.63) is 11.9 Å². The number of hydrogen-bond acceptors (Lipinski definition) is 4. The van der Waals surface area contributed by atoms with Gasteiger partial charge in [0, 0.05) is 25.1 Å². The Kier molecular flexibility index (Phi) is 3.85. The molecule has 1 heterocycles. The van der Waals surface area contributed by atoms with E-state index in [1.807, 2.05) is 13.1 Å². The monoisotopic (exact) mass is 260 g/mol. The molecule has 0 aromatic carbocycles. The molecule has 0 amide bonds. The summed E-state index contributed by atoms with van der Waals surface area (Å²) in [6, 6.07) is 2.63. The molecule has 0 radical (unpaired) electrons. The van der Waals surface area contributed by atoms with Crippen LogP contribution in [0.2, 0.25) is 0 Å². The zero-order valence-electron chi connectivity index (χ0n) is 11.8. The molecule has 19 heavy (non-hydrogen) atoms. The van der Waals surface area contributed by atoms with Crippen LogP contribution >= 0.6 is 0 Å². The van der Waals surface area contributed by atoms with E-state index in [0.717, 1.165) is 17.5 Å². The van der Waals surface area contributed by atoms with Crippen molar-refractivity contribution in [2.24, 2.45) is 0 Å². The van der Waals surface area contributed by atoms with E-state index in [9.17, 15) is 0 Å². The van der Waals surface area contributed by atoms with E-state index in [-0.39, 0.29) is 0 Å². The van der Waals surface area contributed by atoms with Gasteiger partial charge in [-0.25, -0.2) is 9.97 Å². The smallest absolute Gasteiger partial charge is 0.136 e. The molecule has 4 heteroatoms. The van der Waals surface area contributed by atoms with Crippen LogP contribution in [-0.2, 0) is 0 Å². The molecule has 0 unspecified atom stereocenters. The summed E-state index contributed by atoms with van der Waals surface area (Å²) in [6.07, 6.45) is 10.5. The van der Waals surface area contributed by atoms with Crippen molar-refractivity contribution in [1.29, 1.82) is 0 Å². The predicted octanol–water partition coefficient (Wildman–Crippen LogP) is 3.53. The zero-order chi connectivity index (χ0) is 13.1. The van der Waals surface area contributed by atoms with Crippen LogP contribution in [0.4, 0.5) is 11.6 Å². The Bertz CT molecular complexity index is 420. The lowest BCUT2D eigenvalue weighted by Crippen LogP contribution is -2.19. The lowest BCUT2D eigenvalue weighted by Gasteiger charge is -2.18. The van der Waals surface area contributed by atoms with E-state index >= 15 is 0 Å². The molecule has 2 N–H and O–H groups in total. The summed E-state index contributed by atoms with van der Waals surface area (Å²) in [7, 11) is 1.93. The van der Waals surface area contributed by atoms with Crippen LogP contribution in [0.25, 0.3) is 0 Å². The second-order valence-corrected chi connectivity index (χ2v) is 5.85. The Morgan fingerprint density at radius 3 is 2.26 bits per heavy atom. The van der Waals surface area contributed by atoms with Crippen molar-refractivity contribution in [1.82, 2.24) is 9.97 Å². The van der Waals surface area contributed by atoms with Gasteiger partial charge < -0.3 is 10.6 Å².